The summed E-state index contributed by atoms with van der Waals surface area (Å²) >= 11 is 0. The molecule has 1 aromatic heterocycles. The molecule has 0 saturated carbocycles. The van der Waals surface area contributed by atoms with Gasteiger partial charge in [-0.3, -0.25) is 9.59 Å². The SMILES string of the molecule is COC1C(c2c(C)cc(C)c3c(=O)cc(CC(C)=O)oc23)OC(CO)C(O)C1O. The molecule has 29 heavy (non-hydrogen) atoms. The molecule has 5 atom stereocenters. The van der Waals surface area contributed by atoms with Crippen LogP contribution in [-0.4, -0.2) is 59.2 Å². The lowest BCUT2D eigenvalue weighted by Crippen LogP contribution is -2.56. The Morgan fingerprint density at radius 2 is 1.86 bits per heavy atom. The fraction of sp³-hybridized carbons (Fsp3) is 0.524. The Kier molecular flexibility index (Phi) is 6.21. The van der Waals surface area contributed by atoms with Crippen molar-refractivity contribution in [1.82, 2.24) is 0 Å². The molecule has 2 aromatic rings. The van der Waals surface area contributed by atoms with E-state index in [1.165, 1.54) is 20.1 Å². The number of aliphatic hydroxyl groups is 3. The third-order valence-corrected chi connectivity index (χ3v) is 5.34. The van der Waals surface area contributed by atoms with Crippen molar-refractivity contribution in [1.29, 1.82) is 0 Å². The molecule has 8 nitrogen and oxygen atoms in total. The number of aliphatic hydroxyl groups excluding tert-OH is 3. The van der Waals surface area contributed by atoms with E-state index in [0.29, 0.717) is 16.5 Å². The van der Waals surface area contributed by atoms with Crippen molar-refractivity contribution in [2.75, 3.05) is 13.7 Å². The topological polar surface area (TPSA) is 126 Å². The minimum absolute atomic E-state index is 0.0303. The Morgan fingerprint density at radius 1 is 1.17 bits per heavy atom. The average molecular weight is 406 g/mol. The maximum absolute atomic E-state index is 12.8. The molecule has 1 aliphatic heterocycles. The predicted molar refractivity (Wildman–Crippen MR) is 104 cm³/mol. The zero-order valence-corrected chi connectivity index (χ0v) is 16.8. The number of fused-ring (bicyclic) bond motifs is 1. The first-order valence-electron chi connectivity index (χ1n) is 9.41. The summed E-state index contributed by atoms with van der Waals surface area (Å²) in [6, 6.07) is 3.11. The van der Waals surface area contributed by atoms with Gasteiger partial charge in [0.1, 0.15) is 47.6 Å². The van der Waals surface area contributed by atoms with Crippen molar-refractivity contribution in [3.8, 4) is 0 Å². The van der Waals surface area contributed by atoms with Gasteiger partial charge in [0.15, 0.2) is 5.43 Å². The van der Waals surface area contributed by atoms with Gasteiger partial charge in [0.2, 0.25) is 0 Å². The van der Waals surface area contributed by atoms with Crippen LogP contribution in [0.3, 0.4) is 0 Å². The van der Waals surface area contributed by atoms with E-state index in [0.717, 1.165) is 5.56 Å². The number of carbonyl (C=O) groups excluding carboxylic acids is 1. The highest BCUT2D eigenvalue weighted by Crippen LogP contribution is 2.39. The van der Waals surface area contributed by atoms with Crippen LogP contribution in [0.2, 0.25) is 0 Å². The van der Waals surface area contributed by atoms with E-state index in [9.17, 15) is 24.9 Å². The van der Waals surface area contributed by atoms with E-state index in [4.69, 9.17) is 13.9 Å². The predicted octanol–water partition coefficient (Wildman–Crippen LogP) is 0.710. The number of aryl methyl sites for hydroxylation is 2. The highest BCUT2D eigenvalue weighted by atomic mass is 16.6. The molecule has 2 heterocycles. The third kappa shape index (κ3) is 3.86. The number of Topliss-reactive ketones (excluding diaryl/α,β-unsaturated/α-hetero) is 1. The fourth-order valence-corrected chi connectivity index (χ4v) is 4.03. The van der Waals surface area contributed by atoms with Crippen molar-refractivity contribution in [2.45, 2.75) is 57.7 Å². The Bertz CT molecular complexity index is 979. The molecule has 158 valence electrons. The van der Waals surface area contributed by atoms with Crippen molar-refractivity contribution < 1.29 is 34.0 Å². The summed E-state index contributed by atoms with van der Waals surface area (Å²) in [4.78, 5) is 24.3. The third-order valence-electron chi connectivity index (χ3n) is 5.34. The van der Waals surface area contributed by atoms with Gasteiger partial charge in [-0.2, -0.15) is 0 Å². The Morgan fingerprint density at radius 3 is 2.45 bits per heavy atom. The lowest BCUT2D eigenvalue weighted by atomic mass is 9.87. The second-order valence-corrected chi connectivity index (χ2v) is 7.54. The van der Waals surface area contributed by atoms with E-state index >= 15 is 0 Å². The minimum atomic E-state index is -1.33. The Labute approximate surface area is 167 Å². The van der Waals surface area contributed by atoms with E-state index in [-0.39, 0.29) is 29.0 Å². The smallest absolute Gasteiger partial charge is 0.193 e. The molecule has 0 aliphatic carbocycles. The number of methoxy groups -OCH3 is 1. The largest absolute Gasteiger partial charge is 0.460 e. The molecule has 0 spiro atoms. The molecule has 8 heteroatoms. The lowest BCUT2D eigenvalue weighted by molar-refractivity contribution is -0.238. The number of carbonyl (C=O) groups is 1. The number of hydrogen-bond acceptors (Lipinski definition) is 8. The van der Waals surface area contributed by atoms with Crippen LogP contribution < -0.4 is 5.43 Å². The minimum Gasteiger partial charge on any atom is -0.460 e. The summed E-state index contributed by atoms with van der Waals surface area (Å²) in [5, 5.41) is 30.6. The zero-order valence-electron chi connectivity index (χ0n) is 16.8. The van der Waals surface area contributed by atoms with Crippen LogP contribution in [0.4, 0.5) is 0 Å². The first-order valence-corrected chi connectivity index (χ1v) is 9.41. The summed E-state index contributed by atoms with van der Waals surface area (Å²) < 4.78 is 17.2. The highest BCUT2D eigenvalue weighted by Gasteiger charge is 2.46. The maximum atomic E-state index is 12.8. The summed E-state index contributed by atoms with van der Waals surface area (Å²) in [5.74, 6) is 0.0753. The van der Waals surface area contributed by atoms with Gasteiger partial charge in [0.25, 0.3) is 0 Å². The van der Waals surface area contributed by atoms with Crippen molar-refractivity contribution >= 4 is 16.8 Å². The van der Waals surface area contributed by atoms with Gasteiger partial charge < -0.3 is 29.2 Å². The van der Waals surface area contributed by atoms with Crippen molar-refractivity contribution in [2.24, 2.45) is 0 Å². The second-order valence-electron chi connectivity index (χ2n) is 7.54. The van der Waals surface area contributed by atoms with Crippen LogP contribution in [0, 0.1) is 13.8 Å². The van der Waals surface area contributed by atoms with Crippen LogP contribution in [0.25, 0.3) is 11.0 Å². The number of hydrogen-bond donors (Lipinski definition) is 3. The number of ether oxygens (including phenoxy) is 2. The molecule has 1 aromatic carbocycles. The molecule has 5 unspecified atom stereocenters. The summed E-state index contributed by atoms with van der Waals surface area (Å²) in [6.07, 6.45) is -5.59. The summed E-state index contributed by atoms with van der Waals surface area (Å²) in [5.41, 5.74) is 1.87. The van der Waals surface area contributed by atoms with Crippen molar-refractivity contribution in [3.63, 3.8) is 0 Å². The molecule has 0 radical (unpaired) electrons. The van der Waals surface area contributed by atoms with Crippen LogP contribution in [0.15, 0.2) is 21.3 Å². The lowest BCUT2D eigenvalue weighted by Gasteiger charge is -2.42. The number of rotatable bonds is 5. The Hall–Kier alpha value is -2.10. The summed E-state index contributed by atoms with van der Waals surface area (Å²) in [7, 11) is 1.37. The normalized spacial score (nSPS) is 27.3. The van der Waals surface area contributed by atoms with Gasteiger partial charge in [0.05, 0.1) is 18.4 Å². The molecule has 3 rings (SSSR count). The molecule has 1 aliphatic rings. The molecular weight excluding hydrogens is 380 g/mol. The van der Waals surface area contributed by atoms with Crippen LogP contribution in [0.1, 0.15) is 35.5 Å². The standard InChI is InChI=1S/C21H26O8/c1-9-5-10(2)16(19-15(9)13(24)7-12(28-19)6-11(3)23)20-21(27-4)18(26)17(25)14(8-22)29-20/h5,7,14,17-18,20-22,25-26H,6,8H2,1-4H3. The van der Waals surface area contributed by atoms with E-state index in [1.54, 1.807) is 19.9 Å². The molecule has 0 amide bonds. The zero-order chi connectivity index (χ0) is 21.5. The molecule has 3 N–H and O–H groups in total. The van der Waals surface area contributed by atoms with Gasteiger partial charge in [-0.05, 0) is 31.9 Å². The molecule has 0 bridgehead atoms. The quantitative estimate of drug-likeness (QED) is 0.663. The first-order chi connectivity index (χ1) is 13.7. The van der Waals surface area contributed by atoms with Gasteiger partial charge in [0, 0.05) is 18.7 Å². The fourth-order valence-electron chi connectivity index (χ4n) is 4.03. The maximum Gasteiger partial charge on any atom is 0.193 e. The summed E-state index contributed by atoms with van der Waals surface area (Å²) in [6.45, 7) is 4.49. The van der Waals surface area contributed by atoms with E-state index < -0.39 is 37.1 Å². The number of benzene rings is 1. The van der Waals surface area contributed by atoms with Gasteiger partial charge in [-0.15, -0.1) is 0 Å². The van der Waals surface area contributed by atoms with Crippen LogP contribution in [-0.2, 0) is 20.7 Å². The van der Waals surface area contributed by atoms with E-state index in [1.807, 2.05) is 0 Å². The first kappa shape index (κ1) is 21.6. The average Bonchev–Trinajstić information content (AvgIpc) is 2.63. The molecule has 1 saturated heterocycles. The second kappa shape index (κ2) is 8.33. The monoisotopic (exact) mass is 406 g/mol. The highest BCUT2D eigenvalue weighted by molar-refractivity contribution is 5.85. The van der Waals surface area contributed by atoms with Crippen LogP contribution in [0.5, 0.6) is 0 Å². The van der Waals surface area contributed by atoms with Gasteiger partial charge >= 0.3 is 0 Å². The van der Waals surface area contributed by atoms with Gasteiger partial charge in [-0.1, -0.05) is 6.07 Å². The van der Waals surface area contributed by atoms with Gasteiger partial charge in [-0.25, -0.2) is 0 Å². The number of ketones is 1. The molecule has 1 fully saturated rings. The van der Waals surface area contributed by atoms with Crippen molar-refractivity contribution in [3.05, 3.63) is 44.8 Å². The van der Waals surface area contributed by atoms with Crippen LogP contribution >= 0.6 is 0 Å². The molecular formula is C21H26O8. The van der Waals surface area contributed by atoms with E-state index in [2.05, 4.69) is 0 Å². The Balaban J connectivity index is 2.28.